The lowest BCUT2D eigenvalue weighted by Gasteiger charge is -2.16. The van der Waals surface area contributed by atoms with E-state index in [4.69, 9.17) is 9.47 Å². The van der Waals surface area contributed by atoms with Crippen molar-refractivity contribution >= 4 is 5.91 Å². The van der Waals surface area contributed by atoms with E-state index in [1.54, 1.807) is 25.9 Å². The molecule has 0 radical (unpaired) electrons. The largest absolute Gasteiger partial charge is 0.497 e. The second kappa shape index (κ2) is 7.72. The number of methoxy groups -OCH3 is 2. The summed E-state index contributed by atoms with van der Waals surface area (Å²) in [5.74, 6) is 1.93. The zero-order valence-corrected chi connectivity index (χ0v) is 18.0. The van der Waals surface area contributed by atoms with Crippen LogP contribution in [0.4, 0.5) is 0 Å². The maximum Gasteiger partial charge on any atom is 0.272 e. The Morgan fingerprint density at radius 3 is 2.71 bits per heavy atom. The minimum absolute atomic E-state index is 0.0341. The van der Waals surface area contributed by atoms with Crippen LogP contribution in [0.2, 0.25) is 0 Å². The number of carbonyl (C=O) groups is 1. The number of hydrogen-bond donors (Lipinski definition) is 0. The van der Waals surface area contributed by atoms with Gasteiger partial charge in [-0.25, -0.2) is 4.68 Å². The van der Waals surface area contributed by atoms with E-state index in [0.717, 1.165) is 17.7 Å². The zero-order valence-electron chi connectivity index (χ0n) is 18.0. The van der Waals surface area contributed by atoms with Gasteiger partial charge in [-0.3, -0.25) is 9.48 Å². The average molecular weight is 422 g/mol. The molecule has 162 valence electrons. The molecule has 1 saturated carbocycles. The SMILES string of the molecule is COc1ccc(OC)c(-c2cc(C(=O)N3CCC(n4cc(C5CC5)nn4)C3)n(C)n2)c1. The van der Waals surface area contributed by atoms with Gasteiger partial charge in [-0.05, 0) is 43.5 Å². The van der Waals surface area contributed by atoms with Gasteiger partial charge in [-0.1, -0.05) is 5.21 Å². The van der Waals surface area contributed by atoms with Crippen molar-refractivity contribution in [1.29, 1.82) is 0 Å². The highest BCUT2D eigenvalue weighted by Gasteiger charge is 2.32. The molecule has 2 aromatic heterocycles. The van der Waals surface area contributed by atoms with Gasteiger partial charge in [0.05, 0.1) is 31.6 Å². The molecule has 0 spiro atoms. The van der Waals surface area contributed by atoms with Crippen molar-refractivity contribution in [1.82, 2.24) is 29.7 Å². The minimum atomic E-state index is -0.0341. The number of ether oxygens (including phenoxy) is 2. The number of rotatable bonds is 6. The fourth-order valence-corrected chi connectivity index (χ4v) is 4.15. The van der Waals surface area contributed by atoms with E-state index in [9.17, 15) is 4.79 Å². The molecule has 2 fully saturated rings. The van der Waals surface area contributed by atoms with Crippen molar-refractivity contribution in [3.63, 3.8) is 0 Å². The van der Waals surface area contributed by atoms with Crippen molar-refractivity contribution in [3.8, 4) is 22.8 Å². The third-order valence-corrected chi connectivity index (χ3v) is 6.13. The van der Waals surface area contributed by atoms with Gasteiger partial charge >= 0.3 is 0 Å². The number of hydrogen-bond acceptors (Lipinski definition) is 6. The van der Waals surface area contributed by atoms with Crippen LogP contribution in [0.5, 0.6) is 11.5 Å². The molecule has 31 heavy (non-hydrogen) atoms. The molecule has 1 aliphatic heterocycles. The summed E-state index contributed by atoms with van der Waals surface area (Å²) in [6, 6.07) is 7.51. The highest BCUT2D eigenvalue weighted by Crippen LogP contribution is 2.39. The van der Waals surface area contributed by atoms with Gasteiger partial charge in [0.1, 0.15) is 17.2 Å². The summed E-state index contributed by atoms with van der Waals surface area (Å²) in [6.07, 6.45) is 5.32. The molecular formula is C22H26N6O3. The van der Waals surface area contributed by atoms with Gasteiger partial charge in [-0.15, -0.1) is 5.10 Å². The summed E-state index contributed by atoms with van der Waals surface area (Å²) < 4.78 is 14.4. The molecule has 9 heteroatoms. The summed E-state index contributed by atoms with van der Waals surface area (Å²) in [6.45, 7) is 1.31. The van der Waals surface area contributed by atoms with Crippen LogP contribution in [0.1, 0.15) is 47.4 Å². The van der Waals surface area contributed by atoms with Crippen LogP contribution in [0, 0.1) is 0 Å². The molecule has 3 aromatic rings. The van der Waals surface area contributed by atoms with Crippen LogP contribution in [-0.4, -0.2) is 62.9 Å². The van der Waals surface area contributed by atoms with Crippen LogP contribution in [0.15, 0.2) is 30.5 Å². The third kappa shape index (κ3) is 3.64. The maximum atomic E-state index is 13.3. The van der Waals surface area contributed by atoms with Crippen LogP contribution in [0.25, 0.3) is 11.3 Å². The molecule has 2 aliphatic rings. The first-order valence-corrected chi connectivity index (χ1v) is 10.5. The maximum absolute atomic E-state index is 13.3. The van der Waals surface area contributed by atoms with Crippen molar-refractivity contribution in [2.24, 2.45) is 7.05 Å². The molecule has 0 bridgehead atoms. The Morgan fingerprint density at radius 1 is 1.13 bits per heavy atom. The number of aryl methyl sites for hydroxylation is 1. The molecule has 1 unspecified atom stereocenters. The Balaban J connectivity index is 1.35. The predicted molar refractivity (Wildman–Crippen MR) is 113 cm³/mol. The molecule has 1 aromatic carbocycles. The van der Waals surface area contributed by atoms with E-state index in [2.05, 4.69) is 15.4 Å². The number of benzene rings is 1. The lowest BCUT2D eigenvalue weighted by Crippen LogP contribution is -2.30. The Bertz CT molecular complexity index is 1120. The molecule has 1 aliphatic carbocycles. The Morgan fingerprint density at radius 2 is 1.97 bits per heavy atom. The summed E-state index contributed by atoms with van der Waals surface area (Å²) >= 11 is 0. The molecule has 1 atom stereocenters. The molecule has 3 heterocycles. The molecule has 1 saturated heterocycles. The standard InChI is InChI=1S/C22H26N6O3/c1-26-20(11-18(24-26)17-10-16(30-2)6-7-21(17)31-3)22(29)27-9-8-15(12-27)28-13-19(23-25-28)14-4-5-14/h6-7,10-11,13-15H,4-5,8-9,12H2,1-3H3. The first-order chi connectivity index (χ1) is 15.1. The van der Waals surface area contributed by atoms with Gasteiger partial charge < -0.3 is 14.4 Å². The van der Waals surface area contributed by atoms with E-state index < -0.39 is 0 Å². The fourth-order valence-electron chi connectivity index (χ4n) is 4.15. The minimum Gasteiger partial charge on any atom is -0.497 e. The van der Waals surface area contributed by atoms with Gasteiger partial charge in [0.15, 0.2) is 0 Å². The molecule has 0 N–H and O–H groups in total. The summed E-state index contributed by atoms with van der Waals surface area (Å²) in [5, 5.41) is 13.2. The molecule has 9 nitrogen and oxygen atoms in total. The topological polar surface area (TPSA) is 87.3 Å². The molecular weight excluding hydrogens is 396 g/mol. The Kier molecular flexibility index (Phi) is 4.88. The number of carbonyl (C=O) groups excluding carboxylic acids is 1. The van der Waals surface area contributed by atoms with E-state index in [-0.39, 0.29) is 11.9 Å². The van der Waals surface area contributed by atoms with Crippen LogP contribution in [0.3, 0.4) is 0 Å². The van der Waals surface area contributed by atoms with Gasteiger partial charge in [0.2, 0.25) is 0 Å². The smallest absolute Gasteiger partial charge is 0.272 e. The van der Waals surface area contributed by atoms with Gasteiger partial charge in [0, 0.05) is 37.8 Å². The van der Waals surface area contributed by atoms with Crippen LogP contribution < -0.4 is 9.47 Å². The fraction of sp³-hybridized carbons (Fsp3) is 0.455. The quantitative estimate of drug-likeness (QED) is 0.607. The summed E-state index contributed by atoms with van der Waals surface area (Å²) in [5.41, 5.74) is 3.07. The highest BCUT2D eigenvalue weighted by atomic mass is 16.5. The van der Waals surface area contributed by atoms with E-state index >= 15 is 0 Å². The number of aromatic nitrogens is 5. The molecule has 1 amide bonds. The van der Waals surface area contributed by atoms with Gasteiger partial charge in [0.25, 0.3) is 5.91 Å². The average Bonchev–Trinajstić information content (AvgIpc) is 3.19. The van der Waals surface area contributed by atoms with Crippen molar-refractivity contribution in [2.45, 2.75) is 31.2 Å². The predicted octanol–water partition coefficient (Wildman–Crippen LogP) is 2.66. The summed E-state index contributed by atoms with van der Waals surface area (Å²) in [7, 11) is 5.02. The van der Waals surface area contributed by atoms with E-state index in [1.807, 2.05) is 40.0 Å². The van der Waals surface area contributed by atoms with Crippen molar-refractivity contribution in [2.75, 3.05) is 27.3 Å². The van der Waals surface area contributed by atoms with Gasteiger partial charge in [-0.2, -0.15) is 5.10 Å². The second-order valence-electron chi connectivity index (χ2n) is 8.20. The lowest BCUT2D eigenvalue weighted by atomic mass is 10.1. The Labute approximate surface area is 180 Å². The number of amides is 1. The number of likely N-dealkylation sites (tertiary alicyclic amines) is 1. The van der Waals surface area contributed by atoms with Crippen LogP contribution in [-0.2, 0) is 7.05 Å². The van der Waals surface area contributed by atoms with Crippen molar-refractivity contribution in [3.05, 3.63) is 41.9 Å². The zero-order chi connectivity index (χ0) is 21.5. The molecule has 5 rings (SSSR count). The van der Waals surface area contributed by atoms with Crippen LogP contribution >= 0.6 is 0 Å². The van der Waals surface area contributed by atoms with Crippen molar-refractivity contribution < 1.29 is 14.3 Å². The third-order valence-electron chi connectivity index (χ3n) is 6.13. The second-order valence-corrected chi connectivity index (χ2v) is 8.20. The normalized spacial score (nSPS) is 18.4. The van der Waals surface area contributed by atoms with E-state index in [1.165, 1.54) is 12.8 Å². The first-order valence-electron chi connectivity index (χ1n) is 10.5. The summed E-state index contributed by atoms with van der Waals surface area (Å²) in [4.78, 5) is 15.1. The number of nitrogens with zero attached hydrogens (tertiary/aromatic N) is 6. The lowest BCUT2D eigenvalue weighted by molar-refractivity contribution is 0.0776. The highest BCUT2D eigenvalue weighted by molar-refractivity contribution is 5.94. The first kappa shape index (κ1) is 19.6. The monoisotopic (exact) mass is 422 g/mol. The van der Waals surface area contributed by atoms with E-state index in [0.29, 0.717) is 41.9 Å². The Hall–Kier alpha value is -3.36.